The molecule has 1 aliphatic heterocycles. The van der Waals surface area contributed by atoms with Crippen molar-refractivity contribution < 1.29 is 19.2 Å². The van der Waals surface area contributed by atoms with Crippen LogP contribution in [0, 0.1) is 10.1 Å². The van der Waals surface area contributed by atoms with E-state index in [1.165, 1.54) is 36.3 Å². The van der Waals surface area contributed by atoms with E-state index in [-0.39, 0.29) is 15.6 Å². The van der Waals surface area contributed by atoms with E-state index < -0.39 is 16.8 Å². The van der Waals surface area contributed by atoms with Gasteiger partial charge >= 0.3 is 5.97 Å². The molecule has 0 unspecified atom stereocenters. The van der Waals surface area contributed by atoms with E-state index in [1.807, 2.05) is 0 Å². The fourth-order valence-electron chi connectivity index (χ4n) is 2.51. The minimum Gasteiger partial charge on any atom is -0.465 e. The maximum atomic E-state index is 12.9. The van der Waals surface area contributed by atoms with Crippen molar-refractivity contribution in [1.82, 2.24) is 0 Å². The predicted molar refractivity (Wildman–Crippen MR) is 107 cm³/mol. The van der Waals surface area contributed by atoms with Crippen molar-refractivity contribution in [2.75, 3.05) is 12.0 Å². The average Bonchev–Trinajstić information content (AvgIpc) is 2.94. The van der Waals surface area contributed by atoms with Gasteiger partial charge in [-0.05, 0) is 23.8 Å². The van der Waals surface area contributed by atoms with E-state index in [0.29, 0.717) is 16.2 Å². The van der Waals surface area contributed by atoms with Gasteiger partial charge in [0.1, 0.15) is 0 Å². The number of thioether (sulfide) groups is 1. The molecular formula is C18H12N2O5S2. The first-order valence-corrected chi connectivity index (χ1v) is 8.84. The summed E-state index contributed by atoms with van der Waals surface area (Å²) in [6, 6.07) is 12.4. The second-order valence-electron chi connectivity index (χ2n) is 5.38. The molecule has 9 heteroatoms. The molecule has 1 fully saturated rings. The van der Waals surface area contributed by atoms with Gasteiger partial charge in [0, 0.05) is 12.1 Å². The number of nitro groups is 1. The van der Waals surface area contributed by atoms with Crippen molar-refractivity contribution in [2.24, 2.45) is 0 Å². The molecule has 0 radical (unpaired) electrons. The molecule has 0 aliphatic carbocycles. The van der Waals surface area contributed by atoms with Crippen LogP contribution in [0.15, 0.2) is 53.4 Å². The molecule has 1 saturated heterocycles. The molecule has 2 aromatic rings. The number of carbonyl (C=O) groups is 2. The molecule has 136 valence electrons. The van der Waals surface area contributed by atoms with Crippen molar-refractivity contribution in [2.45, 2.75) is 0 Å². The van der Waals surface area contributed by atoms with E-state index in [1.54, 1.807) is 30.3 Å². The number of ether oxygens (including phenoxy) is 1. The minimum atomic E-state index is -0.581. The number of carbonyl (C=O) groups excluding carboxylic acids is 2. The Morgan fingerprint density at radius 2 is 2.00 bits per heavy atom. The molecular weight excluding hydrogens is 388 g/mol. The van der Waals surface area contributed by atoms with Crippen LogP contribution in [-0.4, -0.2) is 28.2 Å². The van der Waals surface area contributed by atoms with Gasteiger partial charge in [-0.25, -0.2) is 4.79 Å². The molecule has 1 amide bonds. The summed E-state index contributed by atoms with van der Waals surface area (Å²) in [4.78, 5) is 36.8. The predicted octanol–water partition coefficient (Wildman–Crippen LogP) is 3.79. The summed E-state index contributed by atoms with van der Waals surface area (Å²) in [5.74, 6) is -0.991. The molecule has 27 heavy (non-hydrogen) atoms. The van der Waals surface area contributed by atoms with Gasteiger partial charge in [-0.2, -0.15) is 0 Å². The highest BCUT2D eigenvalue weighted by molar-refractivity contribution is 8.27. The molecule has 0 N–H and O–H groups in total. The lowest BCUT2D eigenvalue weighted by atomic mass is 10.1. The maximum absolute atomic E-state index is 12.9. The summed E-state index contributed by atoms with van der Waals surface area (Å²) in [5, 5.41) is 10.9. The first-order chi connectivity index (χ1) is 12.9. The fourth-order valence-corrected chi connectivity index (χ4v) is 3.79. The van der Waals surface area contributed by atoms with Crippen LogP contribution in [0.5, 0.6) is 0 Å². The van der Waals surface area contributed by atoms with Gasteiger partial charge in [0.15, 0.2) is 4.32 Å². The number of benzene rings is 2. The largest absolute Gasteiger partial charge is 0.465 e. The Balaban J connectivity index is 1.98. The topological polar surface area (TPSA) is 89.8 Å². The number of methoxy groups -OCH3 is 1. The maximum Gasteiger partial charge on any atom is 0.339 e. The second-order valence-corrected chi connectivity index (χ2v) is 7.05. The number of nitro benzene ring substituents is 1. The highest BCUT2D eigenvalue weighted by Gasteiger charge is 2.35. The number of para-hydroxylation sites is 1. The summed E-state index contributed by atoms with van der Waals surface area (Å²) in [6.45, 7) is 0. The lowest BCUT2D eigenvalue weighted by molar-refractivity contribution is -0.384. The molecule has 0 aromatic heterocycles. The first-order valence-electron chi connectivity index (χ1n) is 7.62. The van der Waals surface area contributed by atoms with Crippen LogP contribution in [0.3, 0.4) is 0 Å². The monoisotopic (exact) mass is 400 g/mol. The SMILES string of the molecule is COC(=O)c1ccccc1N1C(=O)/C(=C/c2cccc([N+](=O)[O-])c2)SC1=S. The quantitative estimate of drug-likeness (QED) is 0.254. The molecule has 1 aliphatic rings. The third-order valence-electron chi connectivity index (χ3n) is 3.72. The highest BCUT2D eigenvalue weighted by atomic mass is 32.2. The van der Waals surface area contributed by atoms with Gasteiger partial charge in [-0.3, -0.25) is 19.8 Å². The molecule has 0 bridgehead atoms. The summed E-state index contributed by atoms with van der Waals surface area (Å²) in [6.07, 6.45) is 1.53. The van der Waals surface area contributed by atoms with Crippen molar-refractivity contribution in [1.29, 1.82) is 0 Å². The Morgan fingerprint density at radius 1 is 1.26 bits per heavy atom. The van der Waals surface area contributed by atoms with Gasteiger partial charge in [0.05, 0.1) is 28.2 Å². The first kappa shape index (κ1) is 18.7. The van der Waals surface area contributed by atoms with Crippen LogP contribution in [0.2, 0.25) is 0 Å². The Morgan fingerprint density at radius 3 is 2.70 bits per heavy atom. The van der Waals surface area contributed by atoms with Crippen LogP contribution in [0.25, 0.3) is 6.08 Å². The Bertz CT molecular complexity index is 1000. The molecule has 7 nitrogen and oxygen atoms in total. The van der Waals surface area contributed by atoms with Crippen LogP contribution in [-0.2, 0) is 9.53 Å². The van der Waals surface area contributed by atoms with Gasteiger partial charge in [-0.1, -0.05) is 48.2 Å². The average molecular weight is 400 g/mol. The van der Waals surface area contributed by atoms with Crippen LogP contribution in [0.4, 0.5) is 11.4 Å². The highest BCUT2D eigenvalue weighted by Crippen LogP contribution is 2.37. The zero-order valence-electron chi connectivity index (χ0n) is 13.9. The third-order valence-corrected chi connectivity index (χ3v) is 5.02. The van der Waals surface area contributed by atoms with Gasteiger partial charge < -0.3 is 4.74 Å². The number of anilines is 1. The zero-order chi connectivity index (χ0) is 19.6. The van der Waals surface area contributed by atoms with Crippen molar-refractivity contribution in [3.8, 4) is 0 Å². The Kier molecular flexibility index (Phi) is 5.33. The zero-order valence-corrected chi connectivity index (χ0v) is 15.6. The number of hydrogen-bond donors (Lipinski definition) is 0. The number of non-ortho nitro benzene ring substituents is 1. The third kappa shape index (κ3) is 3.74. The summed E-state index contributed by atoms with van der Waals surface area (Å²) in [7, 11) is 1.26. The van der Waals surface area contributed by atoms with Crippen LogP contribution >= 0.6 is 24.0 Å². The molecule has 0 atom stereocenters. The lowest BCUT2D eigenvalue weighted by Gasteiger charge is -2.17. The number of amides is 1. The molecule has 1 heterocycles. The van der Waals surface area contributed by atoms with Crippen LogP contribution < -0.4 is 4.90 Å². The lowest BCUT2D eigenvalue weighted by Crippen LogP contribution is -2.29. The number of hydrogen-bond acceptors (Lipinski definition) is 7. The van der Waals surface area contributed by atoms with E-state index in [9.17, 15) is 19.7 Å². The van der Waals surface area contributed by atoms with Crippen molar-refractivity contribution >= 4 is 57.6 Å². The Labute approximate surface area is 163 Å². The molecule has 3 rings (SSSR count). The smallest absolute Gasteiger partial charge is 0.339 e. The second kappa shape index (κ2) is 7.68. The normalized spacial score (nSPS) is 15.3. The van der Waals surface area contributed by atoms with Crippen molar-refractivity contribution in [3.63, 3.8) is 0 Å². The molecule has 0 spiro atoms. The number of nitrogens with zero attached hydrogens (tertiary/aromatic N) is 2. The molecule has 0 saturated carbocycles. The van der Waals surface area contributed by atoms with Crippen LogP contribution in [0.1, 0.15) is 15.9 Å². The van der Waals surface area contributed by atoms with Gasteiger partial charge in [-0.15, -0.1) is 0 Å². The summed E-state index contributed by atoms with van der Waals surface area (Å²) < 4.78 is 5.02. The Hall–Kier alpha value is -3.04. The summed E-state index contributed by atoms with van der Waals surface area (Å²) >= 11 is 6.37. The van der Waals surface area contributed by atoms with Gasteiger partial charge in [0.25, 0.3) is 11.6 Å². The molecule has 2 aromatic carbocycles. The minimum absolute atomic E-state index is 0.0738. The van der Waals surface area contributed by atoms with E-state index in [0.717, 1.165) is 11.8 Å². The van der Waals surface area contributed by atoms with E-state index in [2.05, 4.69) is 0 Å². The van der Waals surface area contributed by atoms with Gasteiger partial charge in [0.2, 0.25) is 0 Å². The van der Waals surface area contributed by atoms with E-state index >= 15 is 0 Å². The number of thiocarbonyl (C=S) groups is 1. The fraction of sp³-hybridized carbons (Fsp3) is 0.0556. The summed E-state index contributed by atoms with van der Waals surface area (Å²) in [5.41, 5.74) is 0.975. The number of rotatable bonds is 4. The van der Waals surface area contributed by atoms with Crippen molar-refractivity contribution in [3.05, 3.63) is 74.7 Å². The standard InChI is InChI=1S/C18H12N2O5S2/c1-25-17(22)13-7-2-3-8-14(13)19-16(21)15(27-18(19)26)10-11-5-4-6-12(9-11)20(23)24/h2-10H,1H3/b15-10-. The van der Waals surface area contributed by atoms with E-state index in [4.69, 9.17) is 17.0 Å². The number of esters is 1.